The molecule has 0 bridgehead atoms. The maximum atomic E-state index is 12.3. The van der Waals surface area contributed by atoms with Crippen molar-refractivity contribution in [3.8, 4) is 22.6 Å². The van der Waals surface area contributed by atoms with E-state index in [2.05, 4.69) is 5.32 Å². The molecule has 0 saturated heterocycles. The van der Waals surface area contributed by atoms with Gasteiger partial charge in [-0.1, -0.05) is 6.07 Å². The molecule has 1 N–H and O–H groups in total. The van der Waals surface area contributed by atoms with Crippen molar-refractivity contribution in [1.29, 1.82) is 0 Å². The van der Waals surface area contributed by atoms with E-state index in [1.807, 2.05) is 24.3 Å². The molecule has 2 heterocycles. The second kappa shape index (κ2) is 5.05. The number of rotatable bonds is 2. The van der Waals surface area contributed by atoms with Gasteiger partial charge in [0.1, 0.15) is 22.8 Å². The Morgan fingerprint density at radius 1 is 1.04 bits per heavy atom. The van der Waals surface area contributed by atoms with Gasteiger partial charge in [-0.15, -0.1) is 0 Å². The van der Waals surface area contributed by atoms with E-state index in [9.17, 15) is 4.79 Å². The quantitative estimate of drug-likeness (QED) is 0.735. The van der Waals surface area contributed by atoms with E-state index in [0.717, 1.165) is 27.8 Å². The summed E-state index contributed by atoms with van der Waals surface area (Å²) < 4.78 is 16.0. The van der Waals surface area contributed by atoms with Gasteiger partial charge in [-0.25, -0.2) is 4.79 Å². The lowest BCUT2D eigenvalue weighted by Crippen LogP contribution is -2.17. The summed E-state index contributed by atoms with van der Waals surface area (Å²) in [4.78, 5) is 12.3. The first-order valence-corrected chi connectivity index (χ1v) is 7.27. The van der Waals surface area contributed by atoms with E-state index in [-0.39, 0.29) is 5.63 Å². The van der Waals surface area contributed by atoms with Gasteiger partial charge >= 0.3 is 5.63 Å². The molecule has 1 aliphatic rings. The zero-order valence-corrected chi connectivity index (χ0v) is 12.8. The summed E-state index contributed by atoms with van der Waals surface area (Å²) in [7, 11) is 3.25. The summed E-state index contributed by atoms with van der Waals surface area (Å²) in [5, 5.41) is 4.01. The van der Waals surface area contributed by atoms with Crippen LogP contribution in [0.3, 0.4) is 0 Å². The summed E-state index contributed by atoms with van der Waals surface area (Å²) >= 11 is 0. The van der Waals surface area contributed by atoms with Crippen LogP contribution in [0.15, 0.2) is 45.6 Å². The number of fused-ring (bicyclic) bond motifs is 5. The predicted octanol–water partition coefficient (Wildman–Crippen LogP) is 3.40. The Labute approximate surface area is 132 Å². The molecule has 4 rings (SSSR count). The monoisotopic (exact) mass is 309 g/mol. The number of hydrogen-bond acceptors (Lipinski definition) is 5. The van der Waals surface area contributed by atoms with Crippen LogP contribution in [0.4, 0.5) is 5.69 Å². The SMILES string of the molecule is COc1ccc2c(c1)CNc1c-2c2cc(OC)ccc2oc1=O. The van der Waals surface area contributed by atoms with Crippen LogP contribution in [0, 0.1) is 0 Å². The third-order valence-corrected chi connectivity index (χ3v) is 4.15. The molecule has 5 heteroatoms. The maximum Gasteiger partial charge on any atom is 0.360 e. The number of hydrogen-bond donors (Lipinski definition) is 1. The predicted molar refractivity (Wildman–Crippen MR) is 88.4 cm³/mol. The highest BCUT2D eigenvalue weighted by Crippen LogP contribution is 2.40. The van der Waals surface area contributed by atoms with Gasteiger partial charge in [0.15, 0.2) is 0 Å². The van der Waals surface area contributed by atoms with Crippen LogP contribution in [0.25, 0.3) is 22.1 Å². The van der Waals surface area contributed by atoms with Crippen molar-refractivity contribution in [2.24, 2.45) is 0 Å². The van der Waals surface area contributed by atoms with Crippen LogP contribution in [-0.4, -0.2) is 14.2 Å². The van der Waals surface area contributed by atoms with Gasteiger partial charge in [-0.2, -0.15) is 0 Å². The summed E-state index contributed by atoms with van der Waals surface area (Å²) in [5.74, 6) is 1.51. The fraction of sp³-hybridized carbons (Fsp3) is 0.167. The van der Waals surface area contributed by atoms with Gasteiger partial charge in [0.2, 0.25) is 0 Å². The Balaban J connectivity index is 2.09. The molecule has 5 nitrogen and oxygen atoms in total. The van der Waals surface area contributed by atoms with Crippen molar-refractivity contribution in [3.63, 3.8) is 0 Å². The number of nitrogens with one attached hydrogen (secondary N) is 1. The molecule has 0 unspecified atom stereocenters. The normalized spacial score (nSPS) is 12.3. The van der Waals surface area contributed by atoms with Gasteiger partial charge in [0.25, 0.3) is 0 Å². The van der Waals surface area contributed by atoms with Crippen molar-refractivity contribution in [2.45, 2.75) is 6.54 Å². The molecule has 0 radical (unpaired) electrons. The zero-order valence-electron chi connectivity index (χ0n) is 12.8. The maximum absolute atomic E-state index is 12.3. The highest BCUT2D eigenvalue weighted by molar-refractivity contribution is 6.02. The topological polar surface area (TPSA) is 60.7 Å². The first-order chi connectivity index (χ1) is 11.2. The van der Waals surface area contributed by atoms with Gasteiger partial charge in [0.05, 0.1) is 14.2 Å². The van der Waals surface area contributed by atoms with Crippen molar-refractivity contribution in [2.75, 3.05) is 19.5 Å². The third kappa shape index (κ3) is 2.04. The Morgan fingerprint density at radius 2 is 1.78 bits per heavy atom. The molecule has 0 aliphatic carbocycles. The lowest BCUT2D eigenvalue weighted by molar-refractivity contribution is 0.414. The Bertz CT molecular complexity index is 975. The van der Waals surface area contributed by atoms with E-state index in [1.54, 1.807) is 26.4 Å². The van der Waals surface area contributed by atoms with Crippen molar-refractivity contribution in [1.82, 2.24) is 0 Å². The molecule has 0 spiro atoms. The fourth-order valence-corrected chi connectivity index (χ4v) is 3.02. The Morgan fingerprint density at radius 3 is 2.57 bits per heavy atom. The minimum absolute atomic E-state index is 0.362. The molecule has 3 aromatic rings. The van der Waals surface area contributed by atoms with Gasteiger partial charge in [0, 0.05) is 17.5 Å². The molecule has 1 aromatic heterocycles. The molecular weight excluding hydrogens is 294 g/mol. The largest absolute Gasteiger partial charge is 0.497 e. The third-order valence-electron chi connectivity index (χ3n) is 4.15. The van der Waals surface area contributed by atoms with Crippen LogP contribution in [0.1, 0.15) is 5.56 Å². The van der Waals surface area contributed by atoms with E-state index >= 15 is 0 Å². The average Bonchev–Trinajstić information content (AvgIpc) is 2.60. The second-order valence-corrected chi connectivity index (χ2v) is 5.38. The van der Waals surface area contributed by atoms with Crippen LogP contribution >= 0.6 is 0 Å². The van der Waals surface area contributed by atoms with Crippen molar-refractivity contribution in [3.05, 3.63) is 52.4 Å². The van der Waals surface area contributed by atoms with Crippen molar-refractivity contribution < 1.29 is 13.9 Å². The van der Waals surface area contributed by atoms with E-state index in [1.165, 1.54) is 0 Å². The molecule has 2 aromatic carbocycles. The zero-order chi connectivity index (χ0) is 16.0. The first-order valence-electron chi connectivity index (χ1n) is 7.27. The molecular formula is C18H15NO4. The van der Waals surface area contributed by atoms with Crippen LogP contribution in [0.5, 0.6) is 11.5 Å². The van der Waals surface area contributed by atoms with Crippen LogP contribution in [-0.2, 0) is 6.54 Å². The number of benzene rings is 2. The summed E-state index contributed by atoms with van der Waals surface area (Å²) in [6.07, 6.45) is 0. The van der Waals surface area contributed by atoms with Gasteiger partial charge in [-0.05, 0) is 41.5 Å². The lowest BCUT2D eigenvalue weighted by Gasteiger charge is -2.22. The lowest BCUT2D eigenvalue weighted by atomic mass is 9.92. The van der Waals surface area contributed by atoms with E-state index in [4.69, 9.17) is 13.9 Å². The number of anilines is 1. The highest BCUT2D eigenvalue weighted by Gasteiger charge is 2.23. The molecule has 0 amide bonds. The first kappa shape index (κ1) is 13.7. The number of methoxy groups -OCH3 is 2. The molecule has 23 heavy (non-hydrogen) atoms. The second-order valence-electron chi connectivity index (χ2n) is 5.38. The van der Waals surface area contributed by atoms with Crippen LogP contribution < -0.4 is 20.4 Å². The minimum atomic E-state index is -0.362. The minimum Gasteiger partial charge on any atom is -0.497 e. The summed E-state index contributed by atoms with van der Waals surface area (Å²) in [6.45, 7) is 0.555. The molecule has 1 aliphatic heterocycles. The van der Waals surface area contributed by atoms with Crippen LogP contribution in [0.2, 0.25) is 0 Å². The highest BCUT2D eigenvalue weighted by atomic mass is 16.5. The standard InChI is InChI=1S/C18H15NO4/c1-21-11-3-5-13-10(7-11)9-19-17-16(13)14-8-12(22-2)4-6-15(14)23-18(17)20/h3-8,19H,9H2,1-2H3. The fourth-order valence-electron chi connectivity index (χ4n) is 3.02. The van der Waals surface area contributed by atoms with E-state index < -0.39 is 0 Å². The molecule has 0 atom stereocenters. The van der Waals surface area contributed by atoms with Gasteiger partial charge in [-0.3, -0.25) is 0 Å². The Hall–Kier alpha value is -2.95. The average molecular weight is 309 g/mol. The molecule has 0 saturated carbocycles. The molecule has 116 valence electrons. The summed E-state index contributed by atoms with van der Waals surface area (Å²) in [5.41, 5.74) is 3.60. The smallest absolute Gasteiger partial charge is 0.360 e. The molecule has 0 fully saturated rings. The van der Waals surface area contributed by atoms with E-state index in [0.29, 0.717) is 23.6 Å². The van der Waals surface area contributed by atoms with Crippen molar-refractivity contribution >= 4 is 16.7 Å². The summed E-state index contributed by atoms with van der Waals surface area (Å²) in [6, 6.07) is 11.3. The Kier molecular flexibility index (Phi) is 3.01. The van der Waals surface area contributed by atoms with Gasteiger partial charge < -0.3 is 19.2 Å². The number of ether oxygens (including phenoxy) is 2.